The summed E-state index contributed by atoms with van der Waals surface area (Å²) in [5, 5.41) is 17.2. The van der Waals surface area contributed by atoms with Crippen LogP contribution in [0.15, 0.2) is 88.2 Å². The number of thiophene rings is 1. The van der Waals surface area contributed by atoms with Gasteiger partial charge in [0.05, 0.1) is 13.1 Å². The molecule has 5 rings (SSSR count). The van der Waals surface area contributed by atoms with Gasteiger partial charge in [-0.2, -0.15) is 0 Å². The molecule has 0 atom stereocenters. The van der Waals surface area contributed by atoms with Crippen LogP contribution in [0.25, 0.3) is 10.4 Å². The van der Waals surface area contributed by atoms with Crippen LogP contribution in [0.1, 0.15) is 47.8 Å². The summed E-state index contributed by atoms with van der Waals surface area (Å²) in [6.45, 7) is 12.5. The van der Waals surface area contributed by atoms with Crippen molar-refractivity contribution < 1.29 is 5.11 Å². The fourth-order valence-electron chi connectivity index (χ4n) is 4.10. The van der Waals surface area contributed by atoms with Gasteiger partial charge in [-0.3, -0.25) is 10.6 Å². The molecule has 0 aliphatic carbocycles. The van der Waals surface area contributed by atoms with E-state index in [4.69, 9.17) is 11.5 Å². The second-order valence-electron chi connectivity index (χ2n) is 9.95. The van der Waals surface area contributed by atoms with Crippen LogP contribution in [0.2, 0.25) is 0 Å². The summed E-state index contributed by atoms with van der Waals surface area (Å²) in [4.78, 5) is 26.8. The van der Waals surface area contributed by atoms with Crippen LogP contribution in [0.3, 0.4) is 0 Å². The molecule has 0 saturated carbocycles. The van der Waals surface area contributed by atoms with E-state index in [0.29, 0.717) is 30.9 Å². The van der Waals surface area contributed by atoms with Gasteiger partial charge in [-0.1, -0.05) is 56.3 Å². The van der Waals surface area contributed by atoms with Crippen LogP contribution >= 0.6 is 11.3 Å². The van der Waals surface area contributed by atoms with E-state index in [1.54, 1.807) is 29.5 Å². The first kappa shape index (κ1) is 35.1. The molecule has 0 saturated heterocycles. The standard InChI is InChI=1S/C18H19N5S.C14H17N5O.C2H6/c1-12-10-13(2)22-18(21-12)23-17(19)20-11-14-5-7-15(8-6-14)16-4-3-9-24-16;1-9-6-10(2)18-14(17-9)19-13(15)16-8-11-4-3-5-12(20)7-11;1-2/h3-10H,11H2,1-2H3,(H3,19,20,21,22,23);3-7,20H,8H2,1-2H3,(H3,15,16,17,18,19);1-2H3. The predicted molar refractivity (Wildman–Crippen MR) is 190 cm³/mol. The van der Waals surface area contributed by atoms with Crippen LogP contribution in [-0.4, -0.2) is 37.0 Å². The average molecular weight is 639 g/mol. The van der Waals surface area contributed by atoms with Gasteiger partial charge in [0.25, 0.3) is 0 Å². The Bertz CT molecular complexity index is 1700. The molecule has 0 aliphatic rings. The van der Waals surface area contributed by atoms with Crippen molar-refractivity contribution in [3.8, 4) is 16.2 Å². The topological polar surface area (TPSA) is 173 Å². The summed E-state index contributed by atoms with van der Waals surface area (Å²) in [5.41, 5.74) is 18.4. The van der Waals surface area contributed by atoms with E-state index in [1.165, 1.54) is 10.4 Å². The highest BCUT2D eigenvalue weighted by Gasteiger charge is 2.03. The minimum atomic E-state index is 0.210. The third-order valence-corrected chi connectivity index (χ3v) is 6.90. The van der Waals surface area contributed by atoms with E-state index in [2.05, 4.69) is 82.3 Å². The molecule has 12 heteroatoms. The number of rotatable bonds is 7. The van der Waals surface area contributed by atoms with Gasteiger partial charge in [0.2, 0.25) is 11.9 Å². The smallest absolute Gasteiger partial charge is 0.229 e. The van der Waals surface area contributed by atoms with Crippen molar-refractivity contribution >= 4 is 35.2 Å². The lowest BCUT2D eigenvalue weighted by Crippen LogP contribution is -2.24. The van der Waals surface area contributed by atoms with E-state index < -0.39 is 0 Å². The SMILES string of the molecule is CC.Cc1cc(C)nc(NC(N)=NCc2ccc(-c3cccs3)cc2)n1.Cc1cc(C)nc(NC(N)=NCc2cccc(O)c2)n1. The van der Waals surface area contributed by atoms with Crippen LogP contribution in [0, 0.1) is 27.7 Å². The number of benzene rings is 2. The number of nitrogens with zero attached hydrogens (tertiary/aromatic N) is 6. The summed E-state index contributed by atoms with van der Waals surface area (Å²) in [6.07, 6.45) is 0. The molecule has 3 heterocycles. The second kappa shape index (κ2) is 17.8. The van der Waals surface area contributed by atoms with Crippen LogP contribution in [0.5, 0.6) is 5.75 Å². The van der Waals surface area contributed by atoms with Crippen LogP contribution in [-0.2, 0) is 13.1 Å². The Morgan fingerprint density at radius 3 is 1.63 bits per heavy atom. The Morgan fingerprint density at radius 2 is 1.17 bits per heavy atom. The van der Waals surface area contributed by atoms with E-state index in [9.17, 15) is 5.11 Å². The quantitative estimate of drug-likeness (QED) is 0.0985. The van der Waals surface area contributed by atoms with E-state index in [-0.39, 0.29) is 11.7 Å². The molecule has 3 aromatic heterocycles. The zero-order valence-electron chi connectivity index (χ0n) is 27.1. The summed E-state index contributed by atoms with van der Waals surface area (Å²) in [7, 11) is 0. The number of phenols is 1. The Kier molecular flexibility index (Phi) is 13.6. The average Bonchev–Trinajstić information content (AvgIpc) is 3.55. The molecule has 0 unspecified atom stereocenters. The second-order valence-corrected chi connectivity index (χ2v) is 10.9. The Labute approximate surface area is 274 Å². The minimum absolute atomic E-state index is 0.210. The molecule has 0 amide bonds. The third-order valence-electron chi connectivity index (χ3n) is 5.98. The molecule has 0 spiro atoms. The van der Waals surface area contributed by atoms with Crippen molar-refractivity contribution in [1.29, 1.82) is 0 Å². The molecule has 0 bridgehead atoms. The number of phenolic OH excluding ortho intramolecular Hbond substituents is 1. The number of anilines is 2. The molecule has 5 aromatic rings. The van der Waals surface area contributed by atoms with Gasteiger partial charge in [-0.15, -0.1) is 11.3 Å². The molecule has 11 nitrogen and oxygen atoms in total. The molecular weight excluding hydrogens is 597 g/mol. The number of guanidine groups is 2. The van der Waals surface area contributed by atoms with Gasteiger partial charge in [0.15, 0.2) is 11.9 Å². The number of aryl methyl sites for hydroxylation is 4. The number of hydrogen-bond acceptors (Lipinski definition) is 8. The number of aromatic nitrogens is 4. The lowest BCUT2D eigenvalue weighted by molar-refractivity contribution is 0.474. The molecule has 0 aliphatic heterocycles. The maximum atomic E-state index is 9.36. The molecular formula is C34H42N10OS. The van der Waals surface area contributed by atoms with Crippen molar-refractivity contribution in [2.75, 3.05) is 10.6 Å². The minimum Gasteiger partial charge on any atom is -0.508 e. The molecule has 7 N–H and O–H groups in total. The zero-order chi connectivity index (χ0) is 33.5. The summed E-state index contributed by atoms with van der Waals surface area (Å²) >= 11 is 1.73. The van der Waals surface area contributed by atoms with Crippen molar-refractivity contribution in [2.45, 2.75) is 54.6 Å². The van der Waals surface area contributed by atoms with E-state index in [1.807, 2.05) is 59.7 Å². The van der Waals surface area contributed by atoms with Gasteiger partial charge in [0, 0.05) is 27.7 Å². The first-order valence-corrected chi connectivity index (χ1v) is 15.7. The summed E-state index contributed by atoms with van der Waals surface area (Å²) < 4.78 is 0. The maximum Gasteiger partial charge on any atom is 0.229 e. The molecule has 0 fully saturated rings. The number of nitrogens with one attached hydrogen (secondary N) is 2. The van der Waals surface area contributed by atoms with Gasteiger partial charge in [0.1, 0.15) is 5.75 Å². The van der Waals surface area contributed by atoms with Crippen molar-refractivity contribution in [3.05, 3.63) is 112 Å². The van der Waals surface area contributed by atoms with Crippen LogP contribution in [0.4, 0.5) is 11.9 Å². The van der Waals surface area contributed by atoms with Crippen molar-refractivity contribution in [3.63, 3.8) is 0 Å². The Hall–Kier alpha value is -5.36. The maximum absolute atomic E-state index is 9.36. The van der Waals surface area contributed by atoms with Gasteiger partial charge in [-0.25, -0.2) is 29.9 Å². The highest BCUT2D eigenvalue weighted by atomic mass is 32.1. The van der Waals surface area contributed by atoms with E-state index in [0.717, 1.165) is 33.9 Å². The summed E-state index contributed by atoms with van der Waals surface area (Å²) in [5.74, 6) is 1.66. The Balaban J connectivity index is 0.000000241. The van der Waals surface area contributed by atoms with E-state index >= 15 is 0 Å². The number of aromatic hydroxyl groups is 1. The Morgan fingerprint density at radius 1 is 0.674 bits per heavy atom. The number of aliphatic imine (C=N–C) groups is 2. The van der Waals surface area contributed by atoms with Crippen LogP contribution < -0.4 is 22.1 Å². The monoisotopic (exact) mass is 638 g/mol. The third kappa shape index (κ3) is 12.0. The fourth-order valence-corrected chi connectivity index (χ4v) is 4.83. The lowest BCUT2D eigenvalue weighted by atomic mass is 10.1. The highest BCUT2D eigenvalue weighted by molar-refractivity contribution is 7.13. The molecule has 2 aromatic carbocycles. The van der Waals surface area contributed by atoms with Gasteiger partial charge >= 0.3 is 0 Å². The van der Waals surface area contributed by atoms with Crippen molar-refractivity contribution in [1.82, 2.24) is 19.9 Å². The number of hydrogen-bond donors (Lipinski definition) is 5. The van der Waals surface area contributed by atoms with Gasteiger partial charge in [-0.05, 0) is 80.1 Å². The summed E-state index contributed by atoms with van der Waals surface area (Å²) in [6, 6.07) is 23.2. The molecule has 240 valence electrons. The molecule has 0 radical (unpaired) electrons. The highest BCUT2D eigenvalue weighted by Crippen LogP contribution is 2.24. The fraction of sp³-hybridized carbons (Fsp3) is 0.235. The van der Waals surface area contributed by atoms with Crippen molar-refractivity contribution in [2.24, 2.45) is 21.5 Å². The first-order chi connectivity index (χ1) is 22.1. The zero-order valence-corrected chi connectivity index (χ0v) is 27.9. The normalized spacial score (nSPS) is 11.1. The molecule has 46 heavy (non-hydrogen) atoms. The number of nitrogens with two attached hydrogens (primary N) is 2. The first-order valence-electron chi connectivity index (χ1n) is 14.8. The van der Waals surface area contributed by atoms with Gasteiger partial charge < -0.3 is 16.6 Å². The largest absolute Gasteiger partial charge is 0.508 e. The lowest BCUT2D eigenvalue weighted by Gasteiger charge is -2.06. The predicted octanol–water partition coefficient (Wildman–Crippen LogP) is 6.50.